The third-order valence-electron chi connectivity index (χ3n) is 6.41. The second kappa shape index (κ2) is 8.62. The smallest absolute Gasteiger partial charge is 0.296 e. The molecule has 0 spiro atoms. The zero-order valence-corrected chi connectivity index (χ0v) is 18.0. The fourth-order valence-corrected chi connectivity index (χ4v) is 4.74. The van der Waals surface area contributed by atoms with Crippen LogP contribution < -0.4 is 0 Å². The minimum absolute atomic E-state index is 0.0123. The van der Waals surface area contributed by atoms with Crippen LogP contribution in [0.15, 0.2) is 72.4 Å². The van der Waals surface area contributed by atoms with Crippen molar-refractivity contribution in [1.29, 1.82) is 0 Å². The molecular formula is C27H23FN2O3. The number of carbonyl (C=O) groups is 2. The highest BCUT2D eigenvalue weighted by Crippen LogP contribution is 2.40. The monoisotopic (exact) mass is 442 g/mol. The van der Waals surface area contributed by atoms with E-state index in [9.17, 15) is 19.1 Å². The van der Waals surface area contributed by atoms with Crippen LogP contribution in [-0.2, 0) is 29.0 Å². The van der Waals surface area contributed by atoms with Crippen molar-refractivity contribution < 1.29 is 19.1 Å². The van der Waals surface area contributed by atoms with E-state index in [2.05, 4.69) is 4.98 Å². The number of fused-ring (bicyclic) bond motifs is 1. The summed E-state index contributed by atoms with van der Waals surface area (Å²) in [6.45, 7) is 0.0917. The number of aryl methyl sites for hydroxylation is 2. The van der Waals surface area contributed by atoms with Crippen LogP contribution in [0.4, 0.5) is 4.39 Å². The van der Waals surface area contributed by atoms with Crippen molar-refractivity contribution in [3.8, 4) is 0 Å². The van der Waals surface area contributed by atoms with Gasteiger partial charge in [0.05, 0.1) is 23.9 Å². The first-order chi connectivity index (χ1) is 16.0. The van der Waals surface area contributed by atoms with Crippen LogP contribution in [0.1, 0.15) is 46.8 Å². The summed E-state index contributed by atoms with van der Waals surface area (Å²) >= 11 is 0. The van der Waals surface area contributed by atoms with Crippen LogP contribution in [-0.4, -0.2) is 26.7 Å². The van der Waals surface area contributed by atoms with Crippen molar-refractivity contribution in [2.45, 2.75) is 38.3 Å². The number of ketones is 1. The van der Waals surface area contributed by atoms with Gasteiger partial charge in [0.25, 0.3) is 11.7 Å². The maximum Gasteiger partial charge on any atom is 0.296 e. The van der Waals surface area contributed by atoms with Gasteiger partial charge < -0.3 is 10.0 Å². The largest absolute Gasteiger partial charge is 0.507 e. The number of aromatic nitrogens is 1. The molecule has 0 bridgehead atoms. The van der Waals surface area contributed by atoms with Crippen molar-refractivity contribution in [3.05, 3.63) is 106 Å². The van der Waals surface area contributed by atoms with Crippen molar-refractivity contribution in [1.82, 2.24) is 9.88 Å². The summed E-state index contributed by atoms with van der Waals surface area (Å²) < 4.78 is 13.6. The van der Waals surface area contributed by atoms with Gasteiger partial charge in [0.1, 0.15) is 11.6 Å². The Bertz CT molecular complexity index is 1250. The normalized spacial score (nSPS) is 19.5. The molecule has 0 radical (unpaired) electrons. The van der Waals surface area contributed by atoms with Crippen LogP contribution in [0.3, 0.4) is 0 Å². The summed E-state index contributed by atoms with van der Waals surface area (Å²) in [6.07, 6.45) is 5.76. The van der Waals surface area contributed by atoms with Gasteiger partial charge in [0, 0.05) is 11.8 Å². The molecule has 166 valence electrons. The molecule has 1 aliphatic heterocycles. The fourth-order valence-electron chi connectivity index (χ4n) is 4.74. The molecule has 1 amide bonds. The topological polar surface area (TPSA) is 70.5 Å². The highest BCUT2D eigenvalue weighted by Gasteiger charge is 2.46. The third kappa shape index (κ3) is 3.93. The Labute approximate surface area is 191 Å². The van der Waals surface area contributed by atoms with Crippen LogP contribution in [0.25, 0.3) is 5.76 Å². The Hall–Kier alpha value is -3.80. The zero-order chi connectivity index (χ0) is 22.9. The molecule has 1 unspecified atom stereocenters. The van der Waals surface area contributed by atoms with Gasteiger partial charge in [0.2, 0.25) is 0 Å². The van der Waals surface area contributed by atoms with E-state index >= 15 is 0 Å². The summed E-state index contributed by atoms with van der Waals surface area (Å²) in [7, 11) is 0. The summed E-state index contributed by atoms with van der Waals surface area (Å²) in [6, 6.07) is 15.8. The van der Waals surface area contributed by atoms with E-state index in [0.717, 1.165) is 31.2 Å². The summed E-state index contributed by atoms with van der Waals surface area (Å²) in [5, 5.41) is 11.3. The van der Waals surface area contributed by atoms with Crippen LogP contribution in [0.5, 0.6) is 0 Å². The molecule has 1 aliphatic carbocycles. The van der Waals surface area contributed by atoms with Crippen molar-refractivity contribution in [2.24, 2.45) is 0 Å². The fraction of sp³-hybridized carbons (Fsp3) is 0.222. The number of rotatable bonds is 4. The molecule has 1 fully saturated rings. The standard InChI is InChI=1S/C27H23FN2O3/c28-21-12-10-18(11-13-21)24-23(25(31)20-9-8-17-5-1-2-6-19(17)15-20)26(32)27(33)30(24)16-22-7-3-4-14-29-22/h3-4,7-15,24,31H,1-2,5-6,16H2/b25-23-. The van der Waals surface area contributed by atoms with Crippen molar-refractivity contribution in [2.75, 3.05) is 0 Å². The first-order valence-electron chi connectivity index (χ1n) is 11.1. The number of pyridine rings is 1. The lowest BCUT2D eigenvalue weighted by atomic mass is 9.88. The molecule has 1 atom stereocenters. The average Bonchev–Trinajstić information content (AvgIpc) is 3.09. The molecule has 2 aromatic carbocycles. The maximum absolute atomic E-state index is 13.6. The molecular weight excluding hydrogens is 419 g/mol. The van der Waals surface area contributed by atoms with E-state index in [1.54, 1.807) is 30.5 Å². The molecule has 33 heavy (non-hydrogen) atoms. The van der Waals surface area contributed by atoms with Crippen molar-refractivity contribution in [3.63, 3.8) is 0 Å². The first kappa shape index (κ1) is 21.1. The maximum atomic E-state index is 13.6. The van der Waals surface area contributed by atoms with Crippen LogP contribution >= 0.6 is 0 Å². The molecule has 1 saturated heterocycles. The predicted octanol–water partition coefficient (Wildman–Crippen LogP) is 4.72. The Morgan fingerprint density at radius 3 is 2.48 bits per heavy atom. The van der Waals surface area contributed by atoms with Gasteiger partial charge >= 0.3 is 0 Å². The van der Waals surface area contributed by atoms with E-state index in [1.165, 1.54) is 34.7 Å². The predicted molar refractivity (Wildman–Crippen MR) is 122 cm³/mol. The minimum Gasteiger partial charge on any atom is -0.507 e. The molecule has 2 heterocycles. The second-order valence-corrected chi connectivity index (χ2v) is 8.49. The Morgan fingerprint density at radius 2 is 1.76 bits per heavy atom. The van der Waals surface area contributed by atoms with E-state index in [0.29, 0.717) is 16.8 Å². The second-order valence-electron chi connectivity index (χ2n) is 8.49. The molecule has 5 nitrogen and oxygen atoms in total. The van der Waals surface area contributed by atoms with Crippen LogP contribution in [0, 0.1) is 5.82 Å². The number of hydrogen-bond acceptors (Lipinski definition) is 4. The highest BCUT2D eigenvalue weighted by atomic mass is 19.1. The lowest BCUT2D eigenvalue weighted by Gasteiger charge is -2.25. The minimum atomic E-state index is -0.844. The van der Waals surface area contributed by atoms with E-state index in [4.69, 9.17) is 0 Å². The summed E-state index contributed by atoms with van der Waals surface area (Å²) in [5.74, 6) is -2.10. The third-order valence-corrected chi connectivity index (χ3v) is 6.41. The molecule has 3 aromatic rings. The van der Waals surface area contributed by atoms with Gasteiger partial charge in [-0.2, -0.15) is 0 Å². The van der Waals surface area contributed by atoms with Gasteiger partial charge in [-0.25, -0.2) is 4.39 Å². The lowest BCUT2D eigenvalue weighted by Crippen LogP contribution is -2.29. The number of halogens is 1. The van der Waals surface area contributed by atoms with Gasteiger partial charge in [-0.3, -0.25) is 14.6 Å². The van der Waals surface area contributed by atoms with Gasteiger partial charge in [-0.05, 0) is 72.7 Å². The quantitative estimate of drug-likeness (QED) is 0.361. The Balaban J connectivity index is 1.63. The molecule has 1 N–H and O–H groups in total. The van der Waals surface area contributed by atoms with Gasteiger partial charge in [-0.15, -0.1) is 0 Å². The molecule has 6 heteroatoms. The summed E-state index contributed by atoms with van der Waals surface area (Å²) in [5.41, 5.74) is 4.10. The Kier molecular flexibility index (Phi) is 5.50. The number of amides is 1. The van der Waals surface area contributed by atoms with Gasteiger partial charge in [-0.1, -0.05) is 30.3 Å². The average molecular weight is 442 g/mol. The number of aliphatic hydroxyl groups is 1. The number of aliphatic hydroxyl groups excluding tert-OH is 1. The van der Waals surface area contributed by atoms with Crippen LogP contribution in [0.2, 0.25) is 0 Å². The SMILES string of the molecule is O=C1C(=O)N(Cc2ccccn2)C(c2ccc(F)cc2)/C1=C(/O)c1ccc2c(c1)CCCC2. The number of likely N-dealkylation sites (tertiary alicyclic amines) is 1. The highest BCUT2D eigenvalue weighted by molar-refractivity contribution is 6.46. The number of nitrogens with zero attached hydrogens (tertiary/aromatic N) is 2. The first-order valence-corrected chi connectivity index (χ1v) is 11.1. The molecule has 0 saturated carbocycles. The summed E-state index contributed by atoms with van der Waals surface area (Å²) in [4.78, 5) is 31.9. The van der Waals surface area contributed by atoms with Crippen molar-refractivity contribution >= 4 is 17.4 Å². The number of Topliss-reactive ketones (excluding diaryl/α,β-unsaturated/α-hetero) is 1. The Morgan fingerprint density at radius 1 is 1.00 bits per heavy atom. The van der Waals surface area contributed by atoms with Gasteiger partial charge in [0.15, 0.2) is 0 Å². The van der Waals surface area contributed by atoms with E-state index in [-0.39, 0.29) is 17.9 Å². The zero-order valence-electron chi connectivity index (χ0n) is 18.0. The molecule has 1 aromatic heterocycles. The molecule has 5 rings (SSSR count). The van der Waals surface area contributed by atoms with E-state index < -0.39 is 23.5 Å². The van der Waals surface area contributed by atoms with E-state index in [1.807, 2.05) is 12.1 Å². The molecule has 2 aliphatic rings. The lowest BCUT2D eigenvalue weighted by molar-refractivity contribution is -0.140. The number of hydrogen-bond donors (Lipinski definition) is 1. The number of benzene rings is 2. The number of carbonyl (C=O) groups excluding carboxylic acids is 2.